The molecule has 0 aliphatic heterocycles. The number of alkyl halides is 3. The zero-order valence-corrected chi connectivity index (χ0v) is 5.39. The smallest absolute Gasteiger partial charge is 0.171 e. The highest BCUT2D eigenvalue weighted by Crippen LogP contribution is 2.19. The average molecular weight is 161 g/mol. The van der Waals surface area contributed by atoms with Gasteiger partial charge in [-0.25, -0.2) is 0 Å². The van der Waals surface area contributed by atoms with Crippen molar-refractivity contribution in [3.05, 3.63) is 24.0 Å². The first-order valence-corrected chi connectivity index (χ1v) is 2.83. The number of halogens is 3. The van der Waals surface area contributed by atoms with Crippen LogP contribution in [0.2, 0.25) is 0 Å². The molecule has 1 rings (SSSR count). The third kappa shape index (κ3) is 2.97. The third-order valence-corrected chi connectivity index (χ3v) is 0.985. The molecule has 59 valence electrons. The van der Waals surface area contributed by atoms with Gasteiger partial charge in [-0.05, 0) is 11.6 Å². The lowest BCUT2D eigenvalue weighted by Crippen LogP contribution is -2.11. The minimum Gasteiger partial charge on any atom is -0.171 e. The molecule has 2 nitrogen and oxygen atoms in total. The van der Waals surface area contributed by atoms with E-state index in [4.69, 9.17) is 0 Å². The highest BCUT2D eigenvalue weighted by Gasteiger charge is 2.27. The topological polar surface area (TPSA) is 25.8 Å². The summed E-state index contributed by atoms with van der Waals surface area (Å²) in [6.45, 7) is 0. The lowest BCUT2D eigenvalue weighted by molar-refractivity contribution is -0.127. The standard InChI is InChI=1S/C6H4F3N2/c7-6(8,9)3-5-1-2-10-11-4-5/h1-2H,3H2. The second-order valence-corrected chi connectivity index (χ2v) is 1.96. The van der Waals surface area contributed by atoms with Gasteiger partial charge in [-0.3, -0.25) is 0 Å². The number of aromatic nitrogens is 2. The summed E-state index contributed by atoms with van der Waals surface area (Å²) in [6, 6.07) is 1.24. The third-order valence-electron chi connectivity index (χ3n) is 0.985. The number of nitrogens with zero attached hydrogens (tertiary/aromatic N) is 2. The van der Waals surface area contributed by atoms with Gasteiger partial charge in [0, 0.05) is 6.20 Å². The van der Waals surface area contributed by atoms with Crippen molar-refractivity contribution >= 4 is 0 Å². The largest absolute Gasteiger partial charge is 0.393 e. The summed E-state index contributed by atoms with van der Waals surface area (Å²) in [7, 11) is 0. The Hall–Kier alpha value is -1.13. The van der Waals surface area contributed by atoms with Crippen LogP contribution in [0.4, 0.5) is 13.2 Å². The minimum absolute atomic E-state index is 0.00694. The van der Waals surface area contributed by atoms with Crippen LogP contribution in [0.3, 0.4) is 0 Å². The van der Waals surface area contributed by atoms with E-state index in [1.54, 1.807) is 0 Å². The van der Waals surface area contributed by atoms with Crippen molar-refractivity contribution in [1.29, 1.82) is 0 Å². The zero-order chi connectivity index (χ0) is 8.32. The molecule has 0 aliphatic rings. The van der Waals surface area contributed by atoms with Crippen LogP contribution in [-0.4, -0.2) is 16.4 Å². The van der Waals surface area contributed by atoms with E-state index in [9.17, 15) is 13.2 Å². The molecule has 1 heterocycles. The second kappa shape index (κ2) is 2.86. The lowest BCUT2D eigenvalue weighted by atomic mass is 10.2. The number of hydrogen-bond acceptors (Lipinski definition) is 2. The summed E-state index contributed by atoms with van der Waals surface area (Å²) in [4.78, 5) is 0. The van der Waals surface area contributed by atoms with Crippen LogP contribution in [0.1, 0.15) is 5.56 Å². The predicted molar refractivity (Wildman–Crippen MR) is 30.6 cm³/mol. The first-order chi connectivity index (χ1) is 5.08. The van der Waals surface area contributed by atoms with E-state index < -0.39 is 12.6 Å². The van der Waals surface area contributed by atoms with Crippen molar-refractivity contribution in [2.45, 2.75) is 12.6 Å². The number of hydrogen-bond donors (Lipinski definition) is 0. The summed E-state index contributed by atoms with van der Waals surface area (Å²) in [6.07, 6.45) is -1.84. The molecule has 0 aliphatic carbocycles. The molecule has 0 unspecified atom stereocenters. The quantitative estimate of drug-likeness (QED) is 0.621. The van der Waals surface area contributed by atoms with E-state index in [1.807, 2.05) is 0 Å². The molecule has 1 radical (unpaired) electrons. The van der Waals surface area contributed by atoms with Crippen LogP contribution in [0.5, 0.6) is 0 Å². The second-order valence-electron chi connectivity index (χ2n) is 1.96. The van der Waals surface area contributed by atoms with E-state index in [-0.39, 0.29) is 5.56 Å². The van der Waals surface area contributed by atoms with E-state index in [0.29, 0.717) is 0 Å². The van der Waals surface area contributed by atoms with Crippen LogP contribution in [0, 0.1) is 6.20 Å². The summed E-state index contributed by atoms with van der Waals surface area (Å²) >= 11 is 0. The van der Waals surface area contributed by atoms with Gasteiger partial charge in [0.2, 0.25) is 0 Å². The van der Waals surface area contributed by atoms with E-state index in [0.717, 1.165) is 0 Å². The fourth-order valence-electron chi connectivity index (χ4n) is 0.601. The molecule has 0 saturated heterocycles. The molecule has 5 heteroatoms. The van der Waals surface area contributed by atoms with Gasteiger partial charge in [0.05, 0.1) is 6.42 Å². The molecule has 0 N–H and O–H groups in total. The van der Waals surface area contributed by atoms with E-state index >= 15 is 0 Å². The summed E-state index contributed by atoms with van der Waals surface area (Å²) < 4.78 is 35.0. The Bertz CT molecular complexity index is 219. The highest BCUT2D eigenvalue weighted by atomic mass is 19.4. The molecule has 0 spiro atoms. The molecule has 0 aromatic carbocycles. The molecule has 0 fully saturated rings. The molecule has 1 aromatic rings. The predicted octanol–water partition coefficient (Wildman–Crippen LogP) is 1.38. The molecule has 0 amide bonds. The first kappa shape index (κ1) is 7.97. The van der Waals surface area contributed by atoms with Crippen molar-refractivity contribution in [1.82, 2.24) is 10.2 Å². The summed E-state index contributed by atoms with van der Waals surface area (Å²) in [5, 5.41) is 6.50. The molecular weight excluding hydrogens is 157 g/mol. The Labute approximate surface area is 61.1 Å². The highest BCUT2D eigenvalue weighted by molar-refractivity contribution is 5.05. The summed E-state index contributed by atoms with van der Waals surface area (Å²) in [5.74, 6) is 0. The maximum atomic E-state index is 11.7. The number of rotatable bonds is 1. The monoisotopic (exact) mass is 161 g/mol. The first-order valence-electron chi connectivity index (χ1n) is 2.83. The Kier molecular flexibility index (Phi) is 2.07. The van der Waals surface area contributed by atoms with E-state index in [2.05, 4.69) is 16.4 Å². The Balaban J connectivity index is 2.66. The Morgan fingerprint density at radius 2 is 2.18 bits per heavy atom. The van der Waals surface area contributed by atoms with Gasteiger partial charge in [0.15, 0.2) is 0 Å². The fraction of sp³-hybridized carbons (Fsp3) is 0.333. The maximum absolute atomic E-state index is 11.7. The normalized spacial score (nSPS) is 11.5. The van der Waals surface area contributed by atoms with Crippen LogP contribution in [0.25, 0.3) is 0 Å². The molecular formula is C6H4F3N2. The van der Waals surface area contributed by atoms with Crippen molar-refractivity contribution in [3.8, 4) is 0 Å². The Morgan fingerprint density at radius 1 is 1.45 bits per heavy atom. The van der Waals surface area contributed by atoms with Gasteiger partial charge < -0.3 is 0 Å². The Morgan fingerprint density at radius 3 is 2.64 bits per heavy atom. The van der Waals surface area contributed by atoms with Gasteiger partial charge >= 0.3 is 6.18 Å². The van der Waals surface area contributed by atoms with Gasteiger partial charge in [-0.15, -0.1) is 5.10 Å². The van der Waals surface area contributed by atoms with Gasteiger partial charge in [0.1, 0.15) is 6.20 Å². The minimum atomic E-state index is -4.19. The lowest BCUT2D eigenvalue weighted by Gasteiger charge is -2.03. The van der Waals surface area contributed by atoms with Gasteiger partial charge in [-0.2, -0.15) is 18.3 Å². The molecule has 0 saturated carbocycles. The van der Waals surface area contributed by atoms with Crippen LogP contribution in [0.15, 0.2) is 12.3 Å². The van der Waals surface area contributed by atoms with Crippen LogP contribution in [-0.2, 0) is 6.42 Å². The van der Waals surface area contributed by atoms with Crippen molar-refractivity contribution < 1.29 is 13.2 Å². The van der Waals surface area contributed by atoms with Gasteiger partial charge in [-0.1, -0.05) is 0 Å². The van der Waals surface area contributed by atoms with Crippen LogP contribution < -0.4 is 0 Å². The average Bonchev–Trinajstić information content (AvgIpc) is 1.85. The van der Waals surface area contributed by atoms with Crippen molar-refractivity contribution in [2.24, 2.45) is 0 Å². The fourth-order valence-corrected chi connectivity index (χ4v) is 0.601. The summed E-state index contributed by atoms with van der Waals surface area (Å²) in [5.41, 5.74) is 0.00694. The van der Waals surface area contributed by atoms with Crippen molar-refractivity contribution in [2.75, 3.05) is 0 Å². The van der Waals surface area contributed by atoms with E-state index in [1.165, 1.54) is 12.3 Å². The SMILES string of the molecule is FC(F)(F)Cc1[c]nncc1. The van der Waals surface area contributed by atoms with Crippen molar-refractivity contribution in [3.63, 3.8) is 0 Å². The van der Waals surface area contributed by atoms with Crippen LogP contribution >= 0.6 is 0 Å². The molecule has 1 aromatic heterocycles. The molecule has 0 atom stereocenters. The maximum Gasteiger partial charge on any atom is 0.393 e. The van der Waals surface area contributed by atoms with Gasteiger partial charge in [0.25, 0.3) is 0 Å². The zero-order valence-electron chi connectivity index (χ0n) is 5.39. The molecule has 11 heavy (non-hydrogen) atoms. The molecule has 0 bridgehead atoms.